The molecule has 154 valence electrons. The highest BCUT2D eigenvalue weighted by Gasteiger charge is 2.13. The number of Topliss-reactive ketones (excluding diaryl/α,β-unsaturated/α-hetero) is 1. The van der Waals surface area contributed by atoms with Crippen molar-refractivity contribution in [3.8, 4) is 23.0 Å². The minimum absolute atomic E-state index is 0.106. The number of carbonyl (C=O) groups excluding carboxylic acids is 2. The maximum absolute atomic E-state index is 12.1. The monoisotopic (exact) mass is 406 g/mol. The smallest absolute Gasteiger partial charge is 0.349 e. The van der Waals surface area contributed by atoms with Crippen molar-refractivity contribution >= 4 is 11.8 Å². The molecule has 0 heterocycles. The van der Waals surface area contributed by atoms with Crippen molar-refractivity contribution in [3.05, 3.63) is 83.9 Å². The Bertz CT molecular complexity index is 996. The minimum Gasteiger partial charge on any atom is -0.493 e. The first-order valence-corrected chi connectivity index (χ1v) is 9.34. The van der Waals surface area contributed by atoms with Gasteiger partial charge in [0, 0.05) is 5.56 Å². The average molecular weight is 406 g/mol. The fourth-order valence-corrected chi connectivity index (χ4v) is 2.64. The molecule has 0 aliphatic rings. The van der Waals surface area contributed by atoms with Crippen LogP contribution in [-0.4, -0.2) is 25.5 Å². The molecule has 0 aromatic heterocycles. The predicted octanol–water partition coefficient (Wildman–Crippen LogP) is 4.46. The molecular formula is C24H22O6. The summed E-state index contributed by atoms with van der Waals surface area (Å²) < 4.78 is 21.6. The summed E-state index contributed by atoms with van der Waals surface area (Å²) in [4.78, 5) is 23.6. The van der Waals surface area contributed by atoms with E-state index in [-0.39, 0.29) is 18.1 Å². The van der Waals surface area contributed by atoms with Gasteiger partial charge in [0.05, 0.1) is 7.11 Å². The molecule has 6 nitrogen and oxygen atoms in total. The molecule has 6 heteroatoms. The van der Waals surface area contributed by atoms with Gasteiger partial charge in [-0.1, -0.05) is 30.3 Å². The number of hydrogen-bond acceptors (Lipinski definition) is 6. The summed E-state index contributed by atoms with van der Waals surface area (Å²) in [7, 11) is 1.44. The fourth-order valence-electron chi connectivity index (χ4n) is 2.64. The van der Waals surface area contributed by atoms with Crippen molar-refractivity contribution < 1.29 is 28.5 Å². The van der Waals surface area contributed by atoms with E-state index >= 15 is 0 Å². The molecule has 3 aromatic rings. The summed E-state index contributed by atoms with van der Waals surface area (Å²) in [6.07, 6.45) is 0. The van der Waals surface area contributed by atoms with Crippen molar-refractivity contribution in [3.63, 3.8) is 0 Å². The summed E-state index contributed by atoms with van der Waals surface area (Å²) in [5, 5.41) is 0. The van der Waals surface area contributed by atoms with Crippen LogP contribution in [0.25, 0.3) is 0 Å². The second kappa shape index (κ2) is 10.1. The number of ketones is 1. The number of carbonyl (C=O) groups is 2. The number of ether oxygens (including phenoxy) is 4. The van der Waals surface area contributed by atoms with E-state index in [0.717, 1.165) is 5.56 Å². The van der Waals surface area contributed by atoms with E-state index in [4.69, 9.17) is 18.9 Å². The van der Waals surface area contributed by atoms with Gasteiger partial charge in [0.2, 0.25) is 0 Å². The van der Waals surface area contributed by atoms with Gasteiger partial charge in [-0.15, -0.1) is 0 Å². The van der Waals surface area contributed by atoms with Crippen molar-refractivity contribution in [1.82, 2.24) is 0 Å². The van der Waals surface area contributed by atoms with E-state index in [1.54, 1.807) is 30.3 Å². The van der Waals surface area contributed by atoms with Gasteiger partial charge in [0.1, 0.15) is 18.1 Å². The van der Waals surface area contributed by atoms with Crippen molar-refractivity contribution in [2.75, 3.05) is 13.7 Å². The number of rotatable bonds is 9. The van der Waals surface area contributed by atoms with E-state index in [0.29, 0.717) is 29.4 Å². The first-order chi connectivity index (χ1) is 14.5. The van der Waals surface area contributed by atoms with Crippen LogP contribution in [0.5, 0.6) is 23.0 Å². The molecule has 0 atom stereocenters. The van der Waals surface area contributed by atoms with E-state index in [2.05, 4.69) is 0 Å². The molecule has 0 bridgehead atoms. The average Bonchev–Trinajstić information content (AvgIpc) is 2.77. The molecule has 30 heavy (non-hydrogen) atoms. The Morgan fingerprint density at radius 1 is 0.800 bits per heavy atom. The number of esters is 1. The zero-order valence-corrected chi connectivity index (χ0v) is 16.8. The highest BCUT2D eigenvalue weighted by molar-refractivity contribution is 5.94. The lowest BCUT2D eigenvalue weighted by atomic mass is 10.1. The van der Waals surface area contributed by atoms with Gasteiger partial charge in [-0.3, -0.25) is 4.79 Å². The maximum Gasteiger partial charge on any atom is 0.349 e. The SMILES string of the molecule is COc1cc(C(C)=O)ccc1OC(=O)COc1ccc(OCc2ccccc2)cc1. The minimum atomic E-state index is -0.590. The lowest BCUT2D eigenvalue weighted by Crippen LogP contribution is -2.18. The van der Waals surface area contributed by atoms with Gasteiger partial charge in [0.15, 0.2) is 23.9 Å². The molecule has 0 fully saturated rings. The summed E-state index contributed by atoms with van der Waals surface area (Å²) >= 11 is 0. The molecule has 0 amide bonds. The molecular weight excluding hydrogens is 384 g/mol. The third-order valence-electron chi connectivity index (χ3n) is 4.22. The zero-order chi connectivity index (χ0) is 21.3. The Hall–Kier alpha value is -3.80. The zero-order valence-electron chi connectivity index (χ0n) is 16.8. The van der Waals surface area contributed by atoms with Crippen LogP contribution >= 0.6 is 0 Å². The third kappa shape index (κ3) is 5.85. The Morgan fingerprint density at radius 3 is 2.10 bits per heavy atom. The molecule has 3 rings (SSSR count). The highest BCUT2D eigenvalue weighted by atomic mass is 16.6. The van der Waals surface area contributed by atoms with Crippen LogP contribution in [0.15, 0.2) is 72.8 Å². The number of methoxy groups -OCH3 is 1. The van der Waals surface area contributed by atoms with E-state index < -0.39 is 5.97 Å². The maximum atomic E-state index is 12.1. The molecule has 0 saturated heterocycles. The largest absolute Gasteiger partial charge is 0.493 e. The molecule has 3 aromatic carbocycles. The molecule has 0 saturated carbocycles. The van der Waals surface area contributed by atoms with Crippen LogP contribution in [-0.2, 0) is 11.4 Å². The van der Waals surface area contributed by atoms with E-state index in [1.165, 1.54) is 26.2 Å². The topological polar surface area (TPSA) is 71.1 Å². The Balaban J connectivity index is 1.50. The van der Waals surface area contributed by atoms with Gasteiger partial charge in [-0.2, -0.15) is 0 Å². The fraction of sp³-hybridized carbons (Fsp3) is 0.167. The van der Waals surface area contributed by atoms with E-state index in [9.17, 15) is 9.59 Å². The van der Waals surface area contributed by atoms with Crippen LogP contribution in [0.3, 0.4) is 0 Å². The van der Waals surface area contributed by atoms with E-state index in [1.807, 2.05) is 30.3 Å². The number of hydrogen-bond donors (Lipinski definition) is 0. The van der Waals surface area contributed by atoms with Crippen LogP contribution in [0.1, 0.15) is 22.8 Å². The molecule has 0 spiro atoms. The normalized spacial score (nSPS) is 10.2. The summed E-state index contributed by atoms with van der Waals surface area (Å²) in [6.45, 7) is 1.64. The van der Waals surface area contributed by atoms with Gasteiger partial charge >= 0.3 is 5.97 Å². The molecule has 0 aliphatic heterocycles. The second-order valence-corrected chi connectivity index (χ2v) is 6.43. The lowest BCUT2D eigenvalue weighted by molar-refractivity contribution is -0.136. The van der Waals surface area contributed by atoms with Crippen LogP contribution in [0, 0.1) is 0 Å². The van der Waals surface area contributed by atoms with Crippen LogP contribution in [0.2, 0.25) is 0 Å². The standard InChI is InChI=1S/C24H22O6/c1-17(25)19-8-13-22(23(14-19)27-2)30-24(26)16-29-21-11-9-20(10-12-21)28-15-18-6-4-3-5-7-18/h3-14H,15-16H2,1-2H3. The Kier molecular flexibility index (Phi) is 7.05. The second-order valence-electron chi connectivity index (χ2n) is 6.43. The van der Waals surface area contributed by atoms with Gasteiger partial charge in [-0.05, 0) is 55.0 Å². The van der Waals surface area contributed by atoms with Gasteiger partial charge < -0.3 is 18.9 Å². The predicted molar refractivity (Wildman–Crippen MR) is 111 cm³/mol. The summed E-state index contributed by atoms with van der Waals surface area (Å²) in [6, 6.07) is 21.5. The van der Waals surface area contributed by atoms with Gasteiger partial charge in [0.25, 0.3) is 0 Å². The highest BCUT2D eigenvalue weighted by Crippen LogP contribution is 2.28. The Labute approximate surface area is 175 Å². The van der Waals surface area contributed by atoms with Crippen LogP contribution in [0.4, 0.5) is 0 Å². The molecule has 0 N–H and O–H groups in total. The molecule has 0 aliphatic carbocycles. The molecule has 0 unspecified atom stereocenters. The third-order valence-corrected chi connectivity index (χ3v) is 4.22. The van der Waals surface area contributed by atoms with Crippen molar-refractivity contribution in [1.29, 1.82) is 0 Å². The summed E-state index contributed by atoms with van der Waals surface area (Å²) in [5.41, 5.74) is 1.55. The van der Waals surface area contributed by atoms with Crippen molar-refractivity contribution in [2.45, 2.75) is 13.5 Å². The summed E-state index contributed by atoms with van der Waals surface area (Å²) in [5.74, 6) is 1.04. The first-order valence-electron chi connectivity index (χ1n) is 9.34. The lowest BCUT2D eigenvalue weighted by Gasteiger charge is -2.11. The first kappa shape index (κ1) is 20.9. The van der Waals surface area contributed by atoms with Crippen molar-refractivity contribution in [2.24, 2.45) is 0 Å². The van der Waals surface area contributed by atoms with Gasteiger partial charge in [-0.25, -0.2) is 4.79 Å². The quantitative estimate of drug-likeness (QED) is 0.297. The van der Waals surface area contributed by atoms with Crippen LogP contribution < -0.4 is 18.9 Å². The number of benzene rings is 3. The molecule has 0 radical (unpaired) electrons. The Morgan fingerprint density at radius 2 is 1.47 bits per heavy atom.